The molecule has 1 saturated carbocycles. The molecule has 1 heterocycles. The van der Waals surface area contributed by atoms with Gasteiger partial charge in [-0.05, 0) is 43.7 Å². The van der Waals surface area contributed by atoms with Crippen molar-refractivity contribution in [2.75, 3.05) is 6.54 Å². The molecule has 98 valence electrons. The van der Waals surface area contributed by atoms with Crippen molar-refractivity contribution in [3.8, 4) is 0 Å². The van der Waals surface area contributed by atoms with E-state index in [-0.39, 0.29) is 0 Å². The van der Waals surface area contributed by atoms with Gasteiger partial charge in [-0.1, -0.05) is 50.1 Å². The van der Waals surface area contributed by atoms with Crippen LogP contribution in [0, 0.1) is 5.92 Å². The molecule has 3 atom stereocenters. The average Bonchev–Trinajstić information content (AvgIpc) is 2.84. The maximum absolute atomic E-state index is 3.83. The van der Waals surface area contributed by atoms with Crippen molar-refractivity contribution in [3.63, 3.8) is 0 Å². The lowest BCUT2D eigenvalue weighted by atomic mass is 9.65. The van der Waals surface area contributed by atoms with Gasteiger partial charge in [0.15, 0.2) is 0 Å². The Labute approximate surface area is 111 Å². The lowest BCUT2D eigenvalue weighted by Gasteiger charge is -2.44. The van der Waals surface area contributed by atoms with Crippen LogP contribution in [0.5, 0.6) is 0 Å². The summed E-state index contributed by atoms with van der Waals surface area (Å²) in [4.78, 5) is 0. The molecule has 1 saturated heterocycles. The van der Waals surface area contributed by atoms with Crippen LogP contribution in [-0.4, -0.2) is 12.6 Å². The van der Waals surface area contributed by atoms with Gasteiger partial charge in [-0.2, -0.15) is 0 Å². The molecule has 1 aliphatic carbocycles. The third-order valence-electron chi connectivity index (χ3n) is 5.35. The lowest BCUT2D eigenvalue weighted by molar-refractivity contribution is 0.202. The normalized spacial score (nSPS) is 36.7. The van der Waals surface area contributed by atoms with Crippen LogP contribution in [-0.2, 0) is 5.41 Å². The summed E-state index contributed by atoms with van der Waals surface area (Å²) in [6, 6.07) is 12.0. The molecule has 18 heavy (non-hydrogen) atoms. The quantitative estimate of drug-likeness (QED) is 0.831. The van der Waals surface area contributed by atoms with Crippen molar-refractivity contribution in [1.82, 2.24) is 5.32 Å². The summed E-state index contributed by atoms with van der Waals surface area (Å²) in [5.41, 5.74) is 1.98. The first-order valence-electron chi connectivity index (χ1n) is 7.63. The summed E-state index contributed by atoms with van der Waals surface area (Å²) < 4.78 is 0. The summed E-state index contributed by atoms with van der Waals surface area (Å²) in [5, 5.41) is 3.83. The van der Waals surface area contributed by atoms with Crippen molar-refractivity contribution >= 4 is 0 Å². The number of hydrogen-bond acceptors (Lipinski definition) is 1. The molecule has 0 unspecified atom stereocenters. The molecule has 0 spiro atoms. The molecular weight excluding hydrogens is 218 g/mol. The predicted octanol–water partition coefficient (Wildman–Crippen LogP) is 3.89. The number of piperidine rings is 1. The van der Waals surface area contributed by atoms with Gasteiger partial charge in [-0.3, -0.25) is 0 Å². The average molecular weight is 243 g/mol. The van der Waals surface area contributed by atoms with Gasteiger partial charge in [0.25, 0.3) is 0 Å². The monoisotopic (exact) mass is 243 g/mol. The molecular formula is C17H25N. The standard InChI is InChI=1S/C17H25N/c1-14-8-7-12-17(14,15-9-3-2-4-10-15)16-11-5-6-13-18-16/h2-4,9-10,14,16,18H,5-8,11-13H2,1H3/t14-,16+,17+/m1/s1. The molecule has 1 heteroatoms. The summed E-state index contributed by atoms with van der Waals surface area (Å²) in [5.74, 6) is 0.815. The highest BCUT2D eigenvalue weighted by atomic mass is 14.9. The molecule has 3 rings (SSSR count). The number of rotatable bonds is 2. The van der Waals surface area contributed by atoms with Gasteiger partial charge in [0.1, 0.15) is 0 Å². The van der Waals surface area contributed by atoms with E-state index >= 15 is 0 Å². The fourth-order valence-electron chi connectivity index (χ4n) is 4.39. The fourth-order valence-corrected chi connectivity index (χ4v) is 4.39. The van der Waals surface area contributed by atoms with Gasteiger partial charge in [0.05, 0.1) is 0 Å². The SMILES string of the molecule is C[C@@H]1CCC[C@]1(c1ccccc1)[C@@H]1CCCCN1. The Morgan fingerprint density at radius 1 is 1.06 bits per heavy atom. The fraction of sp³-hybridized carbons (Fsp3) is 0.647. The second-order valence-electron chi connectivity index (χ2n) is 6.20. The van der Waals surface area contributed by atoms with Crippen LogP contribution in [0.25, 0.3) is 0 Å². The maximum atomic E-state index is 3.83. The minimum Gasteiger partial charge on any atom is -0.313 e. The summed E-state index contributed by atoms with van der Waals surface area (Å²) in [7, 11) is 0. The molecule has 1 aliphatic heterocycles. The maximum Gasteiger partial charge on any atom is 0.0167 e. The first kappa shape index (κ1) is 12.2. The number of nitrogens with one attached hydrogen (secondary N) is 1. The van der Waals surface area contributed by atoms with Crippen molar-refractivity contribution in [3.05, 3.63) is 35.9 Å². The van der Waals surface area contributed by atoms with E-state index in [1.54, 1.807) is 5.56 Å². The summed E-state index contributed by atoms with van der Waals surface area (Å²) in [6.07, 6.45) is 8.28. The van der Waals surface area contributed by atoms with Gasteiger partial charge >= 0.3 is 0 Å². The van der Waals surface area contributed by atoms with Crippen LogP contribution < -0.4 is 5.32 Å². The third-order valence-corrected chi connectivity index (χ3v) is 5.35. The Balaban J connectivity index is 1.98. The van der Waals surface area contributed by atoms with Gasteiger partial charge < -0.3 is 5.32 Å². The highest BCUT2D eigenvalue weighted by Crippen LogP contribution is 2.49. The Morgan fingerprint density at radius 3 is 2.50 bits per heavy atom. The largest absolute Gasteiger partial charge is 0.313 e. The zero-order valence-electron chi connectivity index (χ0n) is 11.5. The molecule has 1 aromatic carbocycles. The topological polar surface area (TPSA) is 12.0 Å². The van der Waals surface area contributed by atoms with E-state index in [9.17, 15) is 0 Å². The Morgan fingerprint density at radius 2 is 1.89 bits per heavy atom. The van der Waals surface area contributed by atoms with E-state index in [1.807, 2.05) is 0 Å². The Hall–Kier alpha value is -0.820. The van der Waals surface area contributed by atoms with E-state index in [2.05, 4.69) is 42.6 Å². The molecule has 0 radical (unpaired) electrons. The molecule has 1 N–H and O–H groups in total. The predicted molar refractivity (Wildman–Crippen MR) is 76.8 cm³/mol. The van der Waals surface area contributed by atoms with E-state index in [0.29, 0.717) is 11.5 Å². The van der Waals surface area contributed by atoms with Gasteiger partial charge in [-0.15, -0.1) is 0 Å². The molecule has 2 aliphatic rings. The van der Waals surface area contributed by atoms with E-state index in [1.165, 1.54) is 45.1 Å². The van der Waals surface area contributed by atoms with E-state index in [4.69, 9.17) is 0 Å². The smallest absolute Gasteiger partial charge is 0.0167 e. The second kappa shape index (κ2) is 5.05. The first-order chi connectivity index (χ1) is 8.84. The van der Waals surface area contributed by atoms with Crippen molar-refractivity contribution in [2.24, 2.45) is 5.92 Å². The number of hydrogen-bond donors (Lipinski definition) is 1. The van der Waals surface area contributed by atoms with Crippen LogP contribution in [0.3, 0.4) is 0 Å². The minimum atomic E-state index is 0.404. The van der Waals surface area contributed by atoms with E-state index in [0.717, 1.165) is 5.92 Å². The third kappa shape index (κ3) is 1.89. The van der Waals surface area contributed by atoms with Crippen LogP contribution >= 0.6 is 0 Å². The van der Waals surface area contributed by atoms with Gasteiger partial charge in [0.2, 0.25) is 0 Å². The van der Waals surface area contributed by atoms with E-state index < -0.39 is 0 Å². The second-order valence-corrected chi connectivity index (χ2v) is 6.20. The van der Waals surface area contributed by atoms with Crippen LogP contribution in [0.2, 0.25) is 0 Å². The molecule has 1 aromatic rings. The van der Waals surface area contributed by atoms with Crippen molar-refractivity contribution < 1.29 is 0 Å². The summed E-state index contributed by atoms with van der Waals surface area (Å²) >= 11 is 0. The molecule has 1 nitrogen and oxygen atoms in total. The Bertz CT molecular complexity index is 380. The van der Waals surface area contributed by atoms with Crippen molar-refractivity contribution in [2.45, 2.75) is 56.9 Å². The highest BCUT2D eigenvalue weighted by molar-refractivity contribution is 5.30. The zero-order chi connectivity index (χ0) is 12.4. The first-order valence-corrected chi connectivity index (χ1v) is 7.63. The molecule has 0 bridgehead atoms. The number of benzene rings is 1. The van der Waals surface area contributed by atoms with Crippen LogP contribution in [0.1, 0.15) is 51.0 Å². The van der Waals surface area contributed by atoms with Crippen LogP contribution in [0.15, 0.2) is 30.3 Å². The van der Waals surface area contributed by atoms with Crippen LogP contribution in [0.4, 0.5) is 0 Å². The highest BCUT2D eigenvalue weighted by Gasteiger charge is 2.47. The zero-order valence-corrected chi connectivity index (χ0v) is 11.5. The summed E-state index contributed by atoms with van der Waals surface area (Å²) in [6.45, 7) is 3.68. The molecule has 0 amide bonds. The van der Waals surface area contributed by atoms with Gasteiger partial charge in [0, 0.05) is 11.5 Å². The van der Waals surface area contributed by atoms with Crippen molar-refractivity contribution in [1.29, 1.82) is 0 Å². The minimum absolute atomic E-state index is 0.404. The Kier molecular flexibility index (Phi) is 3.43. The lowest BCUT2D eigenvalue weighted by Crippen LogP contribution is -2.52. The van der Waals surface area contributed by atoms with Gasteiger partial charge in [-0.25, -0.2) is 0 Å². The molecule has 2 fully saturated rings. The molecule has 0 aromatic heterocycles.